The number of halogens is 2. The molecule has 0 atom stereocenters. The zero-order chi connectivity index (χ0) is 35.0. The Morgan fingerprint density at radius 3 is 1.10 bits per heavy atom. The maximum atomic E-state index is 6.14. The number of fused-ring (bicyclic) bond motifs is 7. The summed E-state index contributed by atoms with van der Waals surface area (Å²) >= 11 is 11.1. The van der Waals surface area contributed by atoms with Crippen molar-refractivity contribution in [1.29, 1.82) is 0 Å². The Morgan fingerprint density at radius 1 is 0.500 bits per heavy atom. The van der Waals surface area contributed by atoms with Crippen LogP contribution in [0.1, 0.15) is 52.7 Å². The largest absolute Gasteiger partial charge is 0.310 e. The van der Waals surface area contributed by atoms with Gasteiger partial charge in [0.25, 0.3) is 0 Å². The van der Waals surface area contributed by atoms with Gasteiger partial charge in [-0.05, 0) is 82.9 Å². The quantitative estimate of drug-likeness (QED) is 0.167. The molecule has 0 saturated heterocycles. The van der Waals surface area contributed by atoms with Gasteiger partial charge >= 0.3 is 0 Å². The molecular weight excluding hydrogens is 647 g/mol. The van der Waals surface area contributed by atoms with Gasteiger partial charge < -0.3 is 9.80 Å². The molecule has 5 heteroatoms. The highest BCUT2D eigenvalue weighted by molar-refractivity contribution is 7.25. The van der Waals surface area contributed by atoms with Gasteiger partial charge in [-0.25, -0.2) is 0 Å². The summed E-state index contributed by atoms with van der Waals surface area (Å²) < 4.78 is 14.9. The molecule has 0 N–H and O–H groups in total. The lowest BCUT2D eigenvalue weighted by Gasteiger charge is -2.42. The molecule has 0 saturated carbocycles. The molecule has 2 nitrogen and oxygen atoms in total. The maximum Gasteiger partial charge on any atom is 0.0967 e. The van der Waals surface area contributed by atoms with E-state index in [0.29, 0.717) is 0 Å². The average molecular weight is 686 g/mol. The summed E-state index contributed by atoms with van der Waals surface area (Å²) in [6.07, 6.45) is 0. The van der Waals surface area contributed by atoms with E-state index >= 15 is 0 Å². The minimum Gasteiger partial charge on any atom is -0.310 e. The normalized spacial score (nSPS) is 16.1. The second-order valence-electron chi connectivity index (χ2n) is 13.5. The van der Waals surface area contributed by atoms with Gasteiger partial charge in [0, 0.05) is 42.4 Å². The third-order valence-electron chi connectivity index (χ3n) is 10.2. The van der Waals surface area contributed by atoms with Gasteiger partial charge in [0.1, 0.15) is 0 Å². The van der Waals surface area contributed by atoms with Gasteiger partial charge in [0.05, 0.1) is 30.8 Å². The van der Waals surface area contributed by atoms with Crippen molar-refractivity contribution >= 4 is 88.8 Å². The van der Waals surface area contributed by atoms with E-state index in [-0.39, 0.29) is 10.8 Å². The lowest BCUT2D eigenvalue weighted by atomic mass is 9.73. The predicted molar refractivity (Wildman–Crippen MR) is 210 cm³/mol. The van der Waals surface area contributed by atoms with Gasteiger partial charge in [-0.1, -0.05) is 100 Å². The van der Waals surface area contributed by atoms with Gasteiger partial charge in [0.15, 0.2) is 0 Å². The average Bonchev–Trinajstić information content (AvgIpc) is 3.45. The smallest absolute Gasteiger partial charge is 0.0967 e. The minimum atomic E-state index is -2.06. The first-order valence-electron chi connectivity index (χ1n) is 17.2. The Labute approximate surface area is 299 Å². The summed E-state index contributed by atoms with van der Waals surface area (Å²) in [5.74, 6) is 0. The van der Waals surface area contributed by atoms with Crippen molar-refractivity contribution < 1.29 is 2.74 Å². The number of hydrogen-bond donors (Lipinski definition) is 0. The SMILES string of the molecule is CC1(C)c2ccccc2N(c2ccc3sc4ccc(N5c6ccccc6C(C)(C)c6ccccc65)cc4c3c2)c2ccccc21.[2H]C([2H])(Cl)Cl. The van der Waals surface area contributed by atoms with E-state index in [4.69, 9.17) is 2.74 Å². The molecule has 0 bridgehead atoms. The van der Waals surface area contributed by atoms with Crippen molar-refractivity contribution in [2.75, 3.05) is 15.1 Å². The molecular formula is C43H36Cl2N2S. The Kier molecular flexibility index (Phi) is 7.00. The van der Waals surface area contributed by atoms with Crippen LogP contribution < -0.4 is 9.80 Å². The molecule has 7 aromatic rings. The lowest BCUT2D eigenvalue weighted by Crippen LogP contribution is -2.30. The number of thiophene rings is 1. The summed E-state index contributed by atoms with van der Waals surface area (Å²) in [6.45, 7) is 9.38. The standard InChI is InChI=1S/C42H34N2S.CH2Cl2/c1-41(2)31-13-5-9-17-35(31)43(36-18-10-6-14-32(36)41)27-21-23-39-29(25-27)30-26-28(22-24-40(30)45-39)44-37-19-11-7-15-33(37)42(3,4)34-16-8-12-20-38(34)44;2-1-3/h5-26H,1-4H3;1H2/i;1D2. The molecule has 0 unspecified atom stereocenters. The van der Waals surface area contributed by atoms with Crippen LogP contribution >= 0.6 is 34.5 Å². The minimum absolute atomic E-state index is 0.0760. The first-order valence-corrected chi connectivity index (χ1v) is 17.7. The zero-order valence-electron chi connectivity index (χ0n) is 29.3. The van der Waals surface area contributed by atoms with Gasteiger partial charge in [-0.15, -0.1) is 34.5 Å². The Morgan fingerprint density at radius 2 is 0.792 bits per heavy atom. The van der Waals surface area contributed by atoms with Crippen LogP contribution in [-0.2, 0) is 10.8 Å². The van der Waals surface area contributed by atoms with E-state index in [1.807, 2.05) is 11.3 Å². The van der Waals surface area contributed by atoms with Crippen molar-refractivity contribution in [3.8, 4) is 0 Å². The van der Waals surface area contributed by atoms with Gasteiger partial charge in [0.2, 0.25) is 0 Å². The fraction of sp³-hybridized carbons (Fsp3) is 0.163. The number of alkyl halides is 2. The summed E-state index contributed by atoms with van der Waals surface area (Å²) in [6, 6.07) is 49.6. The van der Waals surface area contributed by atoms with Crippen LogP contribution in [0, 0.1) is 0 Å². The highest BCUT2D eigenvalue weighted by atomic mass is 35.5. The van der Waals surface area contributed by atoms with Gasteiger partial charge in [-0.2, -0.15) is 0 Å². The number of rotatable bonds is 2. The fourth-order valence-electron chi connectivity index (χ4n) is 7.93. The van der Waals surface area contributed by atoms with Crippen LogP contribution in [0.4, 0.5) is 34.1 Å². The first kappa shape index (κ1) is 28.7. The van der Waals surface area contributed by atoms with E-state index in [1.165, 1.54) is 76.6 Å². The molecule has 0 amide bonds. The number of hydrogen-bond acceptors (Lipinski definition) is 3. The second-order valence-corrected chi connectivity index (χ2v) is 15.2. The molecule has 0 spiro atoms. The molecule has 9 rings (SSSR count). The monoisotopic (exact) mass is 684 g/mol. The summed E-state index contributed by atoms with van der Waals surface area (Å²) in [5, 5.41) is 0.543. The van der Waals surface area contributed by atoms with Crippen molar-refractivity contribution in [2.24, 2.45) is 0 Å². The number of anilines is 6. The first-order chi connectivity index (χ1) is 23.8. The van der Waals surface area contributed by atoms with E-state index < -0.39 is 5.29 Å². The van der Waals surface area contributed by atoms with Crippen molar-refractivity contribution in [3.05, 3.63) is 156 Å². The third-order valence-corrected chi connectivity index (χ3v) is 11.4. The third kappa shape index (κ3) is 4.67. The van der Waals surface area contributed by atoms with Crippen molar-refractivity contribution in [1.82, 2.24) is 0 Å². The highest BCUT2D eigenvalue weighted by Gasteiger charge is 2.38. The number of para-hydroxylation sites is 4. The highest BCUT2D eigenvalue weighted by Crippen LogP contribution is 2.54. The molecule has 2 aliphatic heterocycles. The Hall–Kier alpha value is -4.28. The van der Waals surface area contributed by atoms with Crippen LogP contribution in [-0.4, -0.2) is 5.29 Å². The molecule has 0 fully saturated rings. The second kappa shape index (κ2) is 11.7. The van der Waals surface area contributed by atoms with Crippen molar-refractivity contribution in [2.45, 2.75) is 38.5 Å². The molecule has 1 aromatic heterocycles. The van der Waals surface area contributed by atoms with E-state index in [1.54, 1.807) is 0 Å². The molecule has 238 valence electrons. The summed E-state index contributed by atoms with van der Waals surface area (Å²) in [5.41, 5.74) is 12.7. The van der Waals surface area contributed by atoms with E-state index in [0.717, 1.165) is 0 Å². The van der Waals surface area contributed by atoms with Crippen LogP contribution in [0.15, 0.2) is 133 Å². The van der Waals surface area contributed by atoms with Crippen LogP contribution in [0.2, 0.25) is 0 Å². The van der Waals surface area contributed by atoms with Gasteiger partial charge in [-0.3, -0.25) is 0 Å². The molecule has 48 heavy (non-hydrogen) atoms. The fourth-order valence-corrected chi connectivity index (χ4v) is 8.99. The van der Waals surface area contributed by atoms with Crippen LogP contribution in [0.3, 0.4) is 0 Å². The molecule has 3 heterocycles. The van der Waals surface area contributed by atoms with E-state index in [2.05, 4.69) is 194 Å². The molecule has 2 aliphatic rings. The molecule has 6 aromatic carbocycles. The van der Waals surface area contributed by atoms with Crippen LogP contribution in [0.5, 0.6) is 0 Å². The van der Waals surface area contributed by atoms with E-state index in [9.17, 15) is 0 Å². The Bertz CT molecular complexity index is 2160. The lowest BCUT2D eigenvalue weighted by molar-refractivity contribution is 0.632. The number of nitrogens with zero attached hydrogens (tertiary/aromatic N) is 2. The topological polar surface area (TPSA) is 6.48 Å². The number of benzene rings is 6. The van der Waals surface area contributed by atoms with Crippen molar-refractivity contribution in [3.63, 3.8) is 0 Å². The summed E-state index contributed by atoms with van der Waals surface area (Å²) in [4.78, 5) is 4.92. The predicted octanol–water partition coefficient (Wildman–Crippen LogP) is 13.7. The molecule has 0 aliphatic carbocycles. The zero-order valence-corrected chi connectivity index (χ0v) is 29.6. The Balaban J connectivity index is 0.000000677. The maximum absolute atomic E-state index is 6.14. The molecule has 0 radical (unpaired) electrons. The summed E-state index contributed by atoms with van der Waals surface area (Å²) in [7, 11) is 0. The van der Waals surface area contributed by atoms with Crippen LogP contribution in [0.25, 0.3) is 20.2 Å².